The highest BCUT2D eigenvalue weighted by atomic mass is 35.5. The van der Waals surface area contributed by atoms with Crippen LogP contribution in [0.2, 0.25) is 5.02 Å². The lowest BCUT2D eigenvalue weighted by molar-refractivity contribution is 0.0935. The molecule has 3 N–H and O–H groups in total. The van der Waals surface area contributed by atoms with Crippen LogP contribution in [0.4, 0.5) is 5.69 Å². The molecule has 3 rings (SSSR count). The molecule has 1 fully saturated rings. The minimum absolute atomic E-state index is 0.0840. The van der Waals surface area contributed by atoms with Crippen molar-refractivity contribution in [3.8, 4) is 0 Å². The molecule has 2 aromatic rings. The van der Waals surface area contributed by atoms with Gasteiger partial charge in [-0.1, -0.05) is 11.6 Å². The maximum atomic E-state index is 12.2. The van der Waals surface area contributed by atoms with Crippen molar-refractivity contribution in [2.75, 3.05) is 18.9 Å². The highest BCUT2D eigenvalue weighted by molar-refractivity contribution is 7.21. The molecular weight excluding hydrogens is 284 g/mol. The number of nitrogens with one attached hydrogen (secondary N) is 1. The van der Waals surface area contributed by atoms with E-state index in [1.165, 1.54) is 11.3 Å². The van der Waals surface area contributed by atoms with E-state index in [-0.39, 0.29) is 11.9 Å². The molecule has 0 radical (unpaired) electrons. The number of nitrogen functional groups attached to an aromatic ring is 1. The van der Waals surface area contributed by atoms with Gasteiger partial charge in [-0.15, -0.1) is 11.3 Å². The van der Waals surface area contributed by atoms with Crippen molar-refractivity contribution in [3.63, 3.8) is 0 Å². The molecule has 1 atom stereocenters. The van der Waals surface area contributed by atoms with Crippen LogP contribution >= 0.6 is 22.9 Å². The number of rotatable bonds is 2. The van der Waals surface area contributed by atoms with Crippen molar-refractivity contribution in [1.29, 1.82) is 0 Å². The summed E-state index contributed by atoms with van der Waals surface area (Å²) in [6.07, 6.45) is 0.850. The SMILES string of the molecule is Nc1c(C(=O)NC2CCOC2)sc2cc(Cl)ccc12. The number of hydrogen-bond acceptors (Lipinski definition) is 4. The summed E-state index contributed by atoms with van der Waals surface area (Å²) in [5.41, 5.74) is 6.56. The lowest BCUT2D eigenvalue weighted by atomic mass is 10.2. The first-order chi connectivity index (χ1) is 9.15. The van der Waals surface area contributed by atoms with Crippen molar-refractivity contribution < 1.29 is 9.53 Å². The number of halogens is 1. The van der Waals surface area contributed by atoms with Gasteiger partial charge in [-0.25, -0.2) is 0 Å². The van der Waals surface area contributed by atoms with E-state index >= 15 is 0 Å². The normalized spacial score (nSPS) is 18.9. The Labute approximate surface area is 119 Å². The van der Waals surface area contributed by atoms with Gasteiger partial charge in [0.25, 0.3) is 5.91 Å². The molecule has 4 nitrogen and oxygen atoms in total. The topological polar surface area (TPSA) is 64.4 Å². The van der Waals surface area contributed by atoms with Crippen LogP contribution < -0.4 is 11.1 Å². The highest BCUT2D eigenvalue weighted by Crippen LogP contribution is 2.35. The third-order valence-corrected chi connectivity index (χ3v) is 4.56. The average molecular weight is 297 g/mol. The summed E-state index contributed by atoms with van der Waals surface area (Å²) in [4.78, 5) is 12.8. The summed E-state index contributed by atoms with van der Waals surface area (Å²) >= 11 is 7.31. The van der Waals surface area contributed by atoms with Crippen molar-refractivity contribution in [3.05, 3.63) is 28.1 Å². The molecule has 100 valence electrons. The number of hydrogen-bond donors (Lipinski definition) is 2. The van der Waals surface area contributed by atoms with Crippen molar-refractivity contribution in [2.45, 2.75) is 12.5 Å². The monoisotopic (exact) mass is 296 g/mol. The van der Waals surface area contributed by atoms with Gasteiger partial charge in [-0.2, -0.15) is 0 Å². The summed E-state index contributed by atoms with van der Waals surface area (Å²) < 4.78 is 6.17. The number of carbonyl (C=O) groups excluding carboxylic acids is 1. The summed E-state index contributed by atoms with van der Waals surface area (Å²) in [6.45, 7) is 1.27. The van der Waals surface area contributed by atoms with Gasteiger partial charge < -0.3 is 15.8 Å². The van der Waals surface area contributed by atoms with Gasteiger partial charge in [0.1, 0.15) is 4.88 Å². The third kappa shape index (κ3) is 2.41. The lowest BCUT2D eigenvalue weighted by Crippen LogP contribution is -2.34. The minimum Gasteiger partial charge on any atom is -0.397 e. The Balaban J connectivity index is 1.91. The number of fused-ring (bicyclic) bond motifs is 1. The van der Waals surface area contributed by atoms with Gasteiger partial charge in [0.05, 0.1) is 18.3 Å². The van der Waals surface area contributed by atoms with Crippen LogP contribution in [0.3, 0.4) is 0 Å². The van der Waals surface area contributed by atoms with Gasteiger partial charge in [0.2, 0.25) is 0 Å². The molecule has 0 aliphatic carbocycles. The maximum absolute atomic E-state index is 12.2. The molecule has 1 aromatic carbocycles. The van der Waals surface area contributed by atoms with E-state index in [0.717, 1.165) is 16.5 Å². The van der Waals surface area contributed by atoms with Crippen molar-refractivity contribution in [2.24, 2.45) is 0 Å². The van der Waals surface area contributed by atoms with E-state index < -0.39 is 0 Å². The predicted molar refractivity (Wildman–Crippen MR) is 77.9 cm³/mol. The Bertz CT molecular complexity index is 635. The second kappa shape index (κ2) is 5.00. The van der Waals surface area contributed by atoms with Gasteiger partial charge in [0, 0.05) is 21.7 Å². The van der Waals surface area contributed by atoms with Gasteiger partial charge in [-0.3, -0.25) is 4.79 Å². The van der Waals surface area contributed by atoms with E-state index in [2.05, 4.69) is 5.32 Å². The molecule has 0 spiro atoms. The maximum Gasteiger partial charge on any atom is 0.263 e. The predicted octanol–water partition coefficient (Wildman–Crippen LogP) is 2.66. The van der Waals surface area contributed by atoms with Crippen LogP contribution in [0, 0.1) is 0 Å². The fraction of sp³-hybridized carbons (Fsp3) is 0.308. The molecule has 1 aliphatic rings. The molecule has 2 heterocycles. The first kappa shape index (κ1) is 12.7. The van der Waals surface area contributed by atoms with E-state index in [1.54, 1.807) is 6.07 Å². The first-order valence-electron chi connectivity index (χ1n) is 6.01. The molecule has 0 saturated carbocycles. The lowest BCUT2D eigenvalue weighted by Gasteiger charge is -2.09. The Morgan fingerprint density at radius 2 is 2.37 bits per heavy atom. The summed E-state index contributed by atoms with van der Waals surface area (Å²) in [7, 11) is 0. The van der Waals surface area contributed by atoms with Crippen LogP contribution in [0.25, 0.3) is 10.1 Å². The summed E-state index contributed by atoms with van der Waals surface area (Å²) in [5.74, 6) is -0.134. The zero-order chi connectivity index (χ0) is 13.4. The quantitative estimate of drug-likeness (QED) is 0.895. The number of amides is 1. The van der Waals surface area contributed by atoms with Gasteiger partial charge in [-0.05, 0) is 24.6 Å². The number of anilines is 1. The largest absolute Gasteiger partial charge is 0.397 e. The van der Waals surface area contributed by atoms with Crippen molar-refractivity contribution >= 4 is 44.6 Å². The number of carbonyl (C=O) groups is 1. The fourth-order valence-corrected chi connectivity index (χ4v) is 3.46. The molecular formula is C13H13ClN2O2S. The second-order valence-electron chi connectivity index (χ2n) is 4.52. The number of nitrogens with two attached hydrogens (primary N) is 1. The smallest absolute Gasteiger partial charge is 0.263 e. The molecule has 1 aromatic heterocycles. The van der Waals surface area contributed by atoms with Gasteiger partial charge in [0.15, 0.2) is 0 Å². The van der Waals surface area contributed by atoms with Crippen LogP contribution in [0.5, 0.6) is 0 Å². The third-order valence-electron chi connectivity index (χ3n) is 3.16. The Morgan fingerprint density at radius 3 is 3.11 bits per heavy atom. The Kier molecular flexibility index (Phi) is 3.35. The number of benzene rings is 1. The van der Waals surface area contributed by atoms with Crippen LogP contribution in [0.1, 0.15) is 16.1 Å². The number of thiophene rings is 1. The summed E-state index contributed by atoms with van der Waals surface area (Å²) in [5, 5.41) is 4.47. The van der Waals surface area contributed by atoms with E-state index in [4.69, 9.17) is 22.1 Å². The Hall–Kier alpha value is -1.30. The van der Waals surface area contributed by atoms with E-state index in [1.807, 2.05) is 12.1 Å². The summed E-state index contributed by atoms with van der Waals surface area (Å²) in [6, 6.07) is 5.53. The molecule has 1 saturated heterocycles. The Morgan fingerprint density at radius 1 is 1.53 bits per heavy atom. The van der Waals surface area contributed by atoms with Crippen molar-refractivity contribution in [1.82, 2.24) is 5.32 Å². The highest BCUT2D eigenvalue weighted by Gasteiger charge is 2.22. The second-order valence-corrected chi connectivity index (χ2v) is 6.01. The van der Waals surface area contributed by atoms with E-state index in [0.29, 0.717) is 28.8 Å². The fourth-order valence-electron chi connectivity index (χ4n) is 2.16. The van der Waals surface area contributed by atoms with Crippen LogP contribution in [-0.4, -0.2) is 25.2 Å². The minimum atomic E-state index is -0.134. The zero-order valence-corrected chi connectivity index (χ0v) is 11.7. The molecule has 0 bridgehead atoms. The first-order valence-corrected chi connectivity index (χ1v) is 7.21. The molecule has 19 heavy (non-hydrogen) atoms. The molecule has 1 amide bonds. The zero-order valence-electron chi connectivity index (χ0n) is 10.1. The van der Waals surface area contributed by atoms with Crippen LogP contribution in [-0.2, 0) is 4.74 Å². The molecule has 1 aliphatic heterocycles. The van der Waals surface area contributed by atoms with E-state index in [9.17, 15) is 4.79 Å². The molecule has 1 unspecified atom stereocenters. The average Bonchev–Trinajstić information content (AvgIpc) is 2.97. The van der Waals surface area contributed by atoms with Crippen LogP contribution in [0.15, 0.2) is 18.2 Å². The van der Waals surface area contributed by atoms with Gasteiger partial charge >= 0.3 is 0 Å². The number of ether oxygens (including phenoxy) is 1. The molecule has 6 heteroatoms. The standard InChI is InChI=1S/C13H13ClN2O2S/c14-7-1-2-9-10(5-7)19-12(11(9)15)13(17)16-8-3-4-18-6-8/h1-2,5,8H,3-4,6,15H2,(H,16,17).